The summed E-state index contributed by atoms with van der Waals surface area (Å²) in [5.41, 5.74) is 0.156. The largest absolute Gasteiger partial charge is 0.369 e. The monoisotopic (exact) mass is 278 g/mol. The molecule has 0 fully saturated rings. The second-order valence-corrected chi connectivity index (χ2v) is 4.58. The minimum atomic E-state index is -0.327. The van der Waals surface area contributed by atoms with Gasteiger partial charge in [-0.2, -0.15) is 5.10 Å². The molecule has 0 aliphatic carbocycles. The van der Waals surface area contributed by atoms with Crippen molar-refractivity contribution in [2.75, 3.05) is 11.9 Å². The van der Waals surface area contributed by atoms with Crippen molar-refractivity contribution in [2.24, 2.45) is 0 Å². The molecular weight excluding hydrogens is 260 g/mol. The summed E-state index contributed by atoms with van der Waals surface area (Å²) in [5.74, 6) is 0.580. The number of rotatable bonds is 6. The van der Waals surface area contributed by atoms with E-state index in [-0.39, 0.29) is 17.6 Å². The highest BCUT2D eigenvalue weighted by atomic mass is 16.2. The quantitative estimate of drug-likeness (QED) is 0.697. The van der Waals surface area contributed by atoms with Crippen molar-refractivity contribution in [3.63, 3.8) is 0 Å². The van der Waals surface area contributed by atoms with Crippen molar-refractivity contribution in [3.8, 4) is 0 Å². The smallest absolute Gasteiger partial charge is 0.348 e. The minimum absolute atomic E-state index is 0.00363. The van der Waals surface area contributed by atoms with Gasteiger partial charge >= 0.3 is 5.69 Å². The number of H-pyrrole nitrogens is 1. The average molecular weight is 278 g/mol. The van der Waals surface area contributed by atoms with E-state index in [1.165, 1.54) is 10.7 Å². The molecule has 1 amide bonds. The number of hydrogen-bond donors (Lipinski definition) is 3. The summed E-state index contributed by atoms with van der Waals surface area (Å²) in [6.07, 6.45) is 2.67. The minimum Gasteiger partial charge on any atom is -0.369 e. The Kier molecular flexibility index (Phi) is 4.34. The molecule has 2 aromatic heterocycles. The van der Waals surface area contributed by atoms with Crippen LogP contribution in [0.1, 0.15) is 26.7 Å². The van der Waals surface area contributed by atoms with Crippen LogP contribution in [-0.2, 0) is 4.79 Å². The lowest BCUT2D eigenvalue weighted by Gasteiger charge is -2.11. The number of aromatic nitrogens is 4. The van der Waals surface area contributed by atoms with Gasteiger partial charge in [0.2, 0.25) is 5.91 Å². The van der Waals surface area contributed by atoms with Gasteiger partial charge in [0.25, 0.3) is 0 Å². The first kappa shape index (κ1) is 14.0. The van der Waals surface area contributed by atoms with Crippen molar-refractivity contribution in [1.82, 2.24) is 24.9 Å². The van der Waals surface area contributed by atoms with Gasteiger partial charge < -0.3 is 10.6 Å². The zero-order valence-electron chi connectivity index (χ0n) is 11.5. The maximum atomic E-state index is 11.6. The molecule has 0 aliphatic rings. The van der Waals surface area contributed by atoms with E-state index in [0.717, 1.165) is 6.42 Å². The van der Waals surface area contributed by atoms with Crippen LogP contribution in [0, 0.1) is 0 Å². The zero-order valence-corrected chi connectivity index (χ0v) is 11.5. The van der Waals surface area contributed by atoms with Crippen LogP contribution in [0.2, 0.25) is 0 Å². The SMILES string of the molecule is CCC(C)NC(=O)CCNc1cc2n[nH]c(=O)n2cn1. The normalized spacial score (nSPS) is 12.3. The summed E-state index contributed by atoms with van der Waals surface area (Å²) >= 11 is 0. The Morgan fingerprint density at radius 3 is 3.10 bits per heavy atom. The molecule has 0 saturated heterocycles. The number of amides is 1. The van der Waals surface area contributed by atoms with Gasteiger partial charge in [-0.15, -0.1) is 0 Å². The van der Waals surface area contributed by atoms with E-state index < -0.39 is 0 Å². The Morgan fingerprint density at radius 2 is 2.35 bits per heavy atom. The average Bonchev–Trinajstić information content (AvgIpc) is 2.80. The Bertz CT molecular complexity index is 647. The molecule has 2 aromatic rings. The Balaban J connectivity index is 1.86. The molecule has 3 N–H and O–H groups in total. The second-order valence-electron chi connectivity index (χ2n) is 4.58. The lowest BCUT2D eigenvalue weighted by molar-refractivity contribution is -0.121. The number of aromatic amines is 1. The van der Waals surface area contributed by atoms with Gasteiger partial charge in [0, 0.05) is 25.1 Å². The van der Waals surface area contributed by atoms with E-state index in [1.54, 1.807) is 6.07 Å². The van der Waals surface area contributed by atoms with Gasteiger partial charge in [-0.3, -0.25) is 4.79 Å². The van der Waals surface area contributed by atoms with Gasteiger partial charge in [-0.25, -0.2) is 19.3 Å². The van der Waals surface area contributed by atoms with Crippen LogP contribution in [0.5, 0.6) is 0 Å². The van der Waals surface area contributed by atoms with Crippen LogP contribution in [0.4, 0.5) is 5.82 Å². The molecule has 2 heterocycles. The summed E-state index contributed by atoms with van der Waals surface area (Å²) in [6, 6.07) is 1.83. The van der Waals surface area contributed by atoms with Crippen molar-refractivity contribution in [3.05, 3.63) is 22.9 Å². The molecule has 8 nitrogen and oxygen atoms in total. The lowest BCUT2D eigenvalue weighted by Crippen LogP contribution is -2.33. The molecule has 0 aromatic carbocycles. The molecule has 0 saturated carbocycles. The predicted molar refractivity (Wildman–Crippen MR) is 74.6 cm³/mol. The summed E-state index contributed by atoms with van der Waals surface area (Å²) < 4.78 is 1.31. The Hall–Kier alpha value is -2.38. The number of nitrogens with zero attached hydrogens (tertiary/aromatic N) is 3. The molecule has 1 unspecified atom stereocenters. The molecular formula is C12H18N6O2. The molecule has 0 bridgehead atoms. The number of carbonyl (C=O) groups is 1. The number of carbonyl (C=O) groups excluding carboxylic acids is 1. The molecule has 20 heavy (non-hydrogen) atoms. The van der Waals surface area contributed by atoms with Crippen LogP contribution in [-0.4, -0.2) is 38.1 Å². The van der Waals surface area contributed by atoms with Gasteiger partial charge in [0.05, 0.1) is 0 Å². The third-order valence-electron chi connectivity index (χ3n) is 2.99. The maximum absolute atomic E-state index is 11.6. The number of nitrogens with one attached hydrogen (secondary N) is 3. The van der Waals surface area contributed by atoms with E-state index in [2.05, 4.69) is 25.8 Å². The van der Waals surface area contributed by atoms with E-state index in [9.17, 15) is 9.59 Å². The van der Waals surface area contributed by atoms with Gasteiger partial charge in [0.1, 0.15) is 12.1 Å². The number of anilines is 1. The number of hydrogen-bond acceptors (Lipinski definition) is 5. The Morgan fingerprint density at radius 1 is 1.55 bits per heavy atom. The Labute approximate surface area is 115 Å². The zero-order chi connectivity index (χ0) is 14.5. The van der Waals surface area contributed by atoms with Crippen LogP contribution >= 0.6 is 0 Å². The molecule has 2 rings (SSSR count). The first-order valence-corrected chi connectivity index (χ1v) is 6.56. The highest BCUT2D eigenvalue weighted by molar-refractivity contribution is 5.76. The fourth-order valence-electron chi connectivity index (χ4n) is 1.66. The van der Waals surface area contributed by atoms with Crippen molar-refractivity contribution >= 4 is 17.4 Å². The fourth-order valence-corrected chi connectivity index (χ4v) is 1.66. The van der Waals surface area contributed by atoms with Crippen molar-refractivity contribution < 1.29 is 4.79 Å². The van der Waals surface area contributed by atoms with E-state index in [1.807, 2.05) is 13.8 Å². The summed E-state index contributed by atoms with van der Waals surface area (Å²) in [7, 11) is 0. The number of fused-ring (bicyclic) bond motifs is 1. The van der Waals surface area contributed by atoms with Crippen LogP contribution in [0.3, 0.4) is 0 Å². The fraction of sp³-hybridized carbons (Fsp3) is 0.500. The molecule has 0 aliphatic heterocycles. The van der Waals surface area contributed by atoms with Gasteiger partial charge in [-0.05, 0) is 13.3 Å². The first-order valence-electron chi connectivity index (χ1n) is 6.56. The highest BCUT2D eigenvalue weighted by Gasteiger charge is 2.06. The highest BCUT2D eigenvalue weighted by Crippen LogP contribution is 2.04. The third-order valence-corrected chi connectivity index (χ3v) is 2.99. The van der Waals surface area contributed by atoms with E-state index in [4.69, 9.17) is 0 Å². The molecule has 0 spiro atoms. The second kappa shape index (κ2) is 6.18. The van der Waals surface area contributed by atoms with Crippen LogP contribution in [0.25, 0.3) is 5.65 Å². The van der Waals surface area contributed by atoms with Gasteiger partial charge in [-0.1, -0.05) is 6.92 Å². The molecule has 1 atom stereocenters. The van der Waals surface area contributed by atoms with E-state index in [0.29, 0.717) is 24.4 Å². The summed E-state index contributed by atoms with van der Waals surface area (Å²) in [5, 5.41) is 12.1. The van der Waals surface area contributed by atoms with Crippen molar-refractivity contribution in [2.45, 2.75) is 32.7 Å². The van der Waals surface area contributed by atoms with Crippen LogP contribution in [0.15, 0.2) is 17.2 Å². The summed E-state index contributed by atoms with van der Waals surface area (Å²) in [6.45, 7) is 4.46. The molecule has 0 radical (unpaired) electrons. The maximum Gasteiger partial charge on any atom is 0.348 e. The van der Waals surface area contributed by atoms with Gasteiger partial charge in [0.15, 0.2) is 5.65 Å². The van der Waals surface area contributed by atoms with Crippen LogP contribution < -0.4 is 16.3 Å². The predicted octanol–water partition coefficient (Wildman–Crippen LogP) is 0.134. The molecule has 8 heteroatoms. The lowest BCUT2D eigenvalue weighted by atomic mass is 10.2. The molecule has 108 valence electrons. The summed E-state index contributed by atoms with van der Waals surface area (Å²) in [4.78, 5) is 26.9. The van der Waals surface area contributed by atoms with E-state index >= 15 is 0 Å². The standard InChI is InChI=1S/C12H18N6O2/c1-3-8(2)15-11(19)4-5-13-9-6-10-16-17-12(20)18(10)7-14-9/h6-8,13H,3-5H2,1-2H3,(H,15,19)(H,17,20). The third kappa shape index (κ3) is 3.34. The van der Waals surface area contributed by atoms with Crippen molar-refractivity contribution in [1.29, 1.82) is 0 Å². The first-order chi connectivity index (χ1) is 9.60. The topological polar surface area (TPSA) is 104 Å².